The third kappa shape index (κ3) is 3.62. The first-order valence-electron chi connectivity index (χ1n) is 10.6. The molecule has 3 N–H and O–H groups in total. The molecule has 8 heteroatoms. The molecule has 1 fully saturated rings. The molecule has 6 nitrogen and oxygen atoms in total. The lowest BCUT2D eigenvalue weighted by Gasteiger charge is -2.32. The summed E-state index contributed by atoms with van der Waals surface area (Å²) in [6.07, 6.45) is 0. The zero-order valence-electron chi connectivity index (χ0n) is 18.0. The molecule has 168 valence electrons. The van der Waals surface area contributed by atoms with Crippen molar-refractivity contribution in [2.75, 3.05) is 33.2 Å². The Bertz CT molecular complexity index is 1420. The van der Waals surface area contributed by atoms with Crippen LogP contribution in [0.4, 0.5) is 8.78 Å². The largest absolute Gasteiger partial charge is 0.366 e. The standard InChI is InChI=1S/C25H22F2N4O2/c1-30-8-10-31(11-9-30)25(33)14-2-4-18-21(12-14)29-23-19(24(28)32)7-6-17(22(18)23)16-5-3-15(26)13-20(16)27/h2-7,12-13,29H,8-11H2,1H3,(H2,28,32). The molecule has 0 bridgehead atoms. The molecular formula is C25H22F2N4O2. The van der Waals surface area contributed by atoms with Gasteiger partial charge < -0.3 is 20.5 Å². The summed E-state index contributed by atoms with van der Waals surface area (Å²) in [5.41, 5.74) is 8.13. The molecule has 2 amide bonds. The minimum atomic E-state index is -0.709. The Morgan fingerprint density at radius 2 is 1.67 bits per heavy atom. The monoisotopic (exact) mass is 448 g/mol. The van der Waals surface area contributed by atoms with Crippen molar-refractivity contribution in [1.29, 1.82) is 0 Å². The number of nitrogens with one attached hydrogen (secondary N) is 1. The predicted molar refractivity (Wildman–Crippen MR) is 123 cm³/mol. The van der Waals surface area contributed by atoms with Crippen molar-refractivity contribution in [2.45, 2.75) is 0 Å². The molecule has 1 aromatic heterocycles. The summed E-state index contributed by atoms with van der Waals surface area (Å²) >= 11 is 0. The lowest BCUT2D eigenvalue weighted by Crippen LogP contribution is -2.47. The van der Waals surface area contributed by atoms with E-state index >= 15 is 0 Å². The summed E-state index contributed by atoms with van der Waals surface area (Å²) in [4.78, 5) is 32.3. The second kappa shape index (κ2) is 7.97. The van der Waals surface area contributed by atoms with Crippen molar-refractivity contribution in [3.8, 4) is 11.1 Å². The minimum absolute atomic E-state index is 0.0661. The quantitative estimate of drug-likeness (QED) is 0.501. The van der Waals surface area contributed by atoms with Gasteiger partial charge in [0.15, 0.2) is 0 Å². The maximum atomic E-state index is 14.6. The van der Waals surface area contributed by atoms with Crippen LogP contribution in [0, 0.1) is 11.6 Å². The lowest BCUT2D eigenvalue weighted by atomic mass is 9.96. The zero-order chi connectivity index (χ0) is 23.3. The predicted octanol–water partition coefficient (Wildman–Crippen LogP) is 3.75. The first-order valence-corrected chi connectivity index (χ1v) is 10.6. The molecule has 0 radical (unpaired) electrons. The Kier molecular flexibility index (Phi) is 5.09. The molecule has 0 unspecified atom stereocenters. The smallest absolute Gasteiger partial charge is 0.254 e. The van der Waals surface area contributed by atoms with Gasteiger partial charge in [-0.1, -0.05) is 12.1 Å². The first-order chi connectivity index (χ1) is 15.8. The van der Waals surface area contributed by atoms with Crippen LogP contribution in [0.3, 0.4) is 0 Å². The van der Waals surface area contributed by atoms with E-state index in [-0.39, 0.29) is 17.0 Å². The van der Waals surface area contributed by atoms with Gasteiger partial charge in [0.2, 0.25) is 0 Å². The third-order valence-electron chi connectivity index (χ3n) is 6.28. The van der Waals surface area contributed by atoms with E-state index in [2.05, 4.69) is 9.88 Å². The number of aromatic amines is 1. The van der Waals surface area contributed by atoms with E-state index in [1.807, 2.05) is 11.9 Å². The van der Waals surface area contributed by atoms with Crippen molar-refractivity contribution in [2.24, 2.45) is 5.73 Å². The third-order valence-corrected chi connectivity index (χ3v) is 6.28. The number of fused-ring (bicyclic) bond motifs is 3. The van der Waals surface area contributed by atoms with Gasteiger partial charge in [-0.15, -0.1) is 0 Å². The molecule has 0 saturated carbocycles. The molecular weight excluding hydrogens is 426 g/mol. The summed E-state index contributed by atoms with van der Waals surface area (Å²) in [7, 11) is 2.02. The van der Waals surface area contributed by atoms with E-state index in [1.54, 1.807) is 24.3 Å². The summed E-state index contributed by atoms with van der Waals surface area (Å²) < 4.78 is 28.1. The highest BCUT2D eigenvalue weighted by Crippen LogP contribution is 2.38. The number of H-pyrrole nitrogens is 1. The second-order valence-electron chi connectivity index (χ2n) is 8.38. The molecule has 1 aliphatic rings. The molecule has 1 aliphatic heterocycles. The molecule has 2 heterocycles. The number of benzene rings is 3. The Morgan fingerprint density at radius 3 is 2.36 bits per heavy atom. The highest BCUT2D eigenvalue weighted by molar-refractivity contribution is 6.20. The average Bonchev–Trinajstić information content (AvgIpc) is 3.17. The van der Waals surface area contributed by atoms with Crippen molar-refractivity contribution >= 4 is 33.6 Å². The van der Waals surface area contributed by atoms with E-state index in [4.69, 9.17) is 5.73 Å². The van der Waals surface area contributed by atoms with E-state index in [0.717, 1.165) is 19.2 Å². The number of piperazine rings is 1. The number of nitrogens with two attached hydrogens (primary N) is 1. The number of hydrogen-bond acceptors (Lipinski definition) is 3. The lowest BCUT2D eigenvalue weighted by molar-refractivity contribution is 0.0664. The molecule has 1 saturated heterocycles. The number of halogens is 2. The van der Waals surface area contributed by atoms with E-state index in [0.29, 0.717) is 46.0 Å². The van der Waals surface area contributed by atoms with Crippen LogP contribution in [0.1, 0.15) is 20.7 Å². The number of primary amides is 1. The van der Waals surface area contributed by atoms with E-state index in [9.17, 15) is 18.4 Å². The SMILES string of the molecule is CN1CCN(C(=O)c2ccc3c(c2)[nH]c2c(C(N)=O)ccc(-c4ccc(F)cc4F)c23)CC1. The fourth-order valence-corrected chi connectivity index (χ4v) is 4.48. The maximum Gasteiger partial charge on any atom is 0.254 e. The van der Waals surface area contributed by atoms with Gasteiger partial charge >= 0.3 is 0 Å². The molecule has 0 aliphatic carbocycles. The van der Waals surface area contributed by atoms with Crippen molar-refractivity contribution in [3.63, 3.8) is 0 Å². The molecule has 4 aromatic rings. The van der Waals surface area contributed by atoms with Crippen LogP contribution in [0.25, 0.3) is 32.9 Å². The number of nitrogens with zero attached hydrogens (tertiary/aromatic N) is 2. The normalized spacial score (nSPS) is 14.8. The highest BCUT2D eigenvalue weighted by atomic mass is 19.1. The Labute approximate surface area is 188 Å². The van der Waals surface area contributed by atoms with Crippen LogP contribution in [0.15, 0.2) is 48.5 Å². The van der Waals surface area contributed by atoms with Crippen LogP contribution in [-0.2, 0) is 0 Å². The number of amides is 2. The number of rotatable bonds is 3. The number of likely N-dealkylation sites (N-methyl/N-ethyl adjacent to an activating group) is 1. The van der Waals surface area contributed by atoms with E-state index in [1.165, 1.54) is 18.2 Å². The average molecular weight is 448 g/mol. The fraction of sp³-hybridized carbons (Fsp3) is 0.200. The van der Waals surface area contributed by atoms with Crippen LogP contribution < -0.4 is 5.73 Å². The number of carbonyl (C=O) groups excluding carboxylic acids is 2. The van der Waals surface area contributed by atoms with Gasteiger partial charge in [-0.25, -0.2) is 8.78 Å². The number of hydrogen-bond donors (Lipinski definition) is 2. The molecule has 3 aromatic carbocycles. The van der Waals surface area contributed by atoms with Crippen LogP contribution in [-0.4, -0.2) is 59.8 Å². The van der Waals surface area contributed by atoms with Gasteiger partial charge in [-0.3, -0.25) is 9.59 Å². The molecule has 0 atom stereocenters. The Hall–Kier alpha value is -3.78. The van der Waals surface area contributed by atoms with Gasteiger partial charge in [-0.05, 0) is 42.9 Å². The van der Waals surface area contributed by atoms with Gasteiger partial charge in [0, 0.05) is 59.7 Å². The summed E-state index contributed by atoms with van der Waals surface area (Å²) in [5.74, 6) is -2.08. The summed E-state index contributed by atoms with van der Waals surface area (Å²) in [6.45, 7) is 2.93. The molecule has 33 heavy (non-hydrogen) atoms. The van der Waals surface area contributed by atoms with Gasteiger partial charge in [0.1, 0.15) is 11.6 Å². The fourth-order valence-electron chi connectivity index (χ4n) is 4.48. The summed E-state index contributed by atoms with van der Waals surface area (Å²) in [5, 5.41) is 1.30. The van der Waals surface area contributed by atoms with Crippen molar-refractivity contribution < 1.29 is 18.4 Å². The highest BCUT2D eigenvalue weighted by Gasteiger charge is 2.23. The Balaban J connectivity index is 1.68. The van der Waals surface area contributed by atoms with Gasteiger partial charge in [0.05, 0.1) is 11.1 Å². The van der Waals surface area contributed by atoms with Gasteiger partial charge in [0.25, 0.3) is 11.8 Å². The van der Waals surface area contributed by atoms with Crippen molar-refractivity contribution in [1.82, 2.24) is 14.8 Å². The molecule has 5 rings (SSSR count). The minimum Gasteiger partial charge on any atom is -0.366 e. The topological polar surface area (TPSA) is 82.4 Å². The molecule has 0 spiro atoms. The second-order valence-corrected chi connectivity index (χ2v) is 8.38. The first kappa shape index (κ1) is 21.1. The van der Waals surface area contributed by atoms with Crippen molar-refractivity contribution in [3.05, 3.63) is 71.3 Å². The van der Waals surface area contributed by atoms with E-state index < -0.39 is 17.5 Å². The van der Waals surface area contributed by atoms with Crippen LogP contribution in [0.2, 0.25) is 0 Å². The maximum absolute atomic E-state index is 14.6. The Morgan fingerprint density at radius 1 is 0.939 bits per heavy atom. The zero-order valence-corrected chi connectivity index (χ0v) is 18.0. The van der Waals surface area contributed by atoms with Crippen LogP contribution >= 0.6 is 0 Å². The summed E-state index contributed by atoms with van der Waals surface area (Å²) in [6, 6.07) is 11.8. The number of aromatic nitrogens is 1. The van der Waals surface area contributed by atoms with Crippen LogP contribution in [0.5, 0.6) is 0 Å². The van der Waals surface area contributed by atoms with Gasteiger partial charge in [-0.2, -0.15) is 0 Å². The number of carbonyl (C=O) groups is 2.